The van der Waals surface area contributed by atoms with Gasteiger partial charge in [-0.2, -0.15) is 0 Å². The van der Waals surface area contributed by atoms with Crippen molar-refractivity contribution < 1.29 is 9.90 Å². The molecule has 0 aliphatic rings. The maximum absolute atomic E-state index is 11.7. The number of aliphatic hydroxyl groups is 1. The van der Waals surface area contributed by atoms with Gasteiger partial charge in [-0.3, -0.25) is 4.79 Å². The van der Waals surface area contributed by atoms with E-state index in [0.29, 0.717) is 11.1 Å². The van der Waals surface area contributed by atoms with Crippen LogP contribution in [0.4, 0.5) is 5.69 Å². The summed E-state index contributed by atoms with van der Waals surface area (Å²) in [7, 11) is 0. The van der Waals surface area contributed by atoms with Crippen LogP contribution in [0.1, 0.15) is 35.5 Å². The number of anilines is 1. The lowest BCUT2D eigenvalue weighted by Gasteiger charge is -2.12. The van der Waals surface area contributed by atoms with Gasteiger partial charge in [0.05, 0.1) is 11.2 Å². The molecule has 0 saturated heterocycles. The number of hydrogen-bond acceptors (Lipinski definition) is 4. The SMILES string of the molecule is C/C=C(O)/C=C\C(C)=C\c1c(N)c(C(N)=O)nc2c(C)cccc12. The van der Waals surface area contributed by atoms with Gasteiger partial charge in [0.25, 0.3) is 5.91 Å². The predicted molar refractivity (Wildman–Crippen MR) is 98.6 cm³/mol. The Morgan fingerprint density at radius 1 is 1.29 bits per heavy atom. The lowest BCUT2D eigenvalue weighted by atomic mass is 10.00. The Kier molecular flexibility index (Phi) is 5.04. The van der Waals surface area contributed by atoms with Crippen LogP contribution in [-0.2, 0) is 0 Å². The fraction of sp³-hybridized carbons (Fsp3) is 0.158. The minimum atomic E-state index is -0.660. The standard InChI is InChI=1S/C19H21N3O2/c1-4-13(23)9-8-11(2)10-15-14-7-5-6-12(3)17(14)22-18(16(15)20)19(21)24/h4-10,23H,20H2,1-3H3,(H2,21,24)/b9-8-,11-10+,13-4-. The molecule has 2 aromatic rings. The summed E-state index contributed by atoms with van der Waals surface area (Å²) < 4.78 is 0. The fourth-order valence-electron chi connectivity index (χ4n) is 2.40. The molecule has 5 nitrogen and oxygen atoms in total. The molecule has 1 heterocycles. The second-order valence-corrected chi connectivity index (χ2v) is 5.56. The zero-order valence-corrected chi connectivity index (χ0v) is 14.0. The second-order valence-electron chi connectivity index (χ2n) is 5.56. The normalized spacial score (nSPS) is 13.0. The van der Waals surface area contributed by atoms with Crippen LogP contribution in [0, 0.1) is 6.92 Å². The van der Waals surface area contributed by atoms with Crippen molar-refractivity contribution >= 4 is 28.6 Å². The van der Waals surface area contributed by atoms with E-state index in [0.717, 1.165) is 16.5 Å². The van der Waals surface area contributed by atoms with E-state index in [2.05, 4.69) is 4.98 Å². The van der Waals surface area contributed by atoms with Gasteiger partial charge in [0.1, 0.15) is 5.76 Å². The van der Waals surface area contributed by atoms with E-state index in [1.165, 1.54) is 0 Å². The first kappa shape index (κ1) is 17.3. The third kappa shape index (κ3) is 3.46. The molecule has 0 spiro atoms. The van der Waals surface area contributed by atoms with Gasteiger partial charge in [-0.15, -0.1) is 0 Å². The van der Waals surface area contributed by atoms with Gasteiger partial charge < -0.3 is 16.6 Å². The van der Waals surface area contributed by atoms with Crippen LogP contribution < -0.4 is 11.5 Å². The molecule has 0 saturated carbocycles. The Bertz CT molecular complexity index is 893. The van der Waals surface area contributed by atoms with Crippen LogP contribution >= 0.6 is 0 Å². The number of carbonyl (C=O) groups excluding carboxylic acids is 1. The topological polar surface area (TPSA) is 102 Å². The molecule has 124 valence electrons. The van der Waals surface area contributed by atoms with E-state index in [4.69, 9.17) is 11.5 Å². The van der Waals surface area contributed by atoms with Gasteiger partial charge in [-0.05, 0) is 44.6 Å². The van der Waals surface area contributed by atoms with Crippen molar-refractivity contribution in [3.8, 4) is 0 Å². The summed E-state index contributed by atoms with van der Waals surface area (Å²) in [5, 5.41) is 10.4. The van der Waals surface area contributed by atoms with Crippen molar-refractivity contribution in [2.45, 2.75) is 20.8 Å². The minimum absolute atomic E-state index is 0.0659. The van der Waals surface area contributed by atoms with Crippen molar-refractivity contribution in [1.82, 2.24) is 4.98 Å². The Balaban J connectivity index is 2.72. The number of aromatic nitrogens is 1. The van der Waals surface area contributed by atoms with Gasteiger partial charge in [-0.1, -0.05) is 29.8 Å². The van der Waals surface area contributed by atoms with Crippen molar-refractivity contribution in [2.75, 3.05) is 5.73 Å². The molecule has 2 rings (SSSR count). The molecular weight excluding hydrogens is 302 g/mol. The van der Waals surface area contributed by atoms with E-state index in [1.807, 2.05) is 38.1 Å². The second kappa shape index (κ2) is 7.00. The van der Waals surface area contributed by atoms with Gasteiger partial charge in [0.15, 0.2) is 5.69 Å². The fourth-order valence-corrected chi connectivity index (χ4v) is 2.40. The minimum Gasteiger partial charge on any atom is -0.508 e. The molecule has 5 heteroatoms. The van der Waals surface area contributed by atoms with E-state index in [1.54, 1.807) is 25.2 Å². The molecule has 0 atom stereocenters. The number of aliphatic hydroxyl groups excluding tert-OH is 1. The zero-order chi connectivity index (χ0) is 17.9. The smallest absolute Gasteiger partial charge is 0.269 e. The molecule has 1 aromatic heterocycles. The Hall–Kier alpha value is -3.08. The number of aryl methyl sites for hydroxylation is 1. The number of rotatable bonds is 4. The number of amides is 1. The summed E-state index contributed by atoms with van der Waals surface area (Å²) in [6.07, 6.45) is 6.80. The summed E-state index contributed by atoms with van der Waals surface area (Å²) in [5.74, 6) is -0.490. The van der Waals surface area contributed by atoms with Gasteiger partial charge >= 0.3 is 0 Å². The molecule has 0 bridgehead atoms. The quantitative estimate of drug-likeness (QED) is 0.590. The summed E-state index contributed by atoms with van der Waals surface area (Å²) >= 11 is 0. The molecule has 24 heavy (non-hydrogen) atoms. The van der Waals surface area contributed by atoms with E-state index in [9.17, 15) is 9.90 Å². The number of nitrogens with two attached hydrogens (primary N) is 2. The highest BCUT2D eigenvalue weighted by Crippen LogP contribution is 2.29. The van der Waals surface area contributed by atoms with Crippen LogP contribution in [0.2, 0.25) is 0 Å². The lowest BCUT2D eigenvalue weighted by Crippen LogP contribution is -2.17. The van der Waals surface area contributed by atoms with E-state index in [-0.39, 0.29) is 17.1 Å². The molecule has 0 unspecified atom stereocenters. The number of para-hydroxylation sites is 1. The first-order valence-electron chi connectivity index (χ1n) is 7.55. The first-order chi connectivity index (χ1) is 11.3. The predicted octanol–water partition coefficient (Wildman–Crippen LogP) is 3.65. The molecule has 1 amide bonds. The Morgan fingerprint density at radius 2 is 2.00 bits per heavy atom. The van der Waals surface area contributed by atoms with Crippen LogP contribution in [0.5, 0.6) is 0 Å². The van der Waals surface area contributed by atoms with Crippen LogP contribution in [0.15, 0.2) is 47.8 Å². The summed E-state index contributed by atoms with van der Waals surface area (Å²) in [5.41, 5.74) is 15.1. The zero-order valence-electron chi connectivity index (χ0n) is 14.0. The molecular formula is C19H21N3O2. The molecule has 0 fully saturated rings. The van der Waals surface area contributed by atoms with Crippen LogP contribution in [-0.4, -0.2) is 16.0 Å². The van der Waals surface area contributed by atoms with Gasteiger partial charge in [0, 0.05) is 10.9 Å². The van der Waals surface area contributed by atoms with Crippen molar-refractivity contribution in [2.24, 2.45) is 5.73 Å². The number of hydrogen-bond donors (Lipinski definition) is 3. The number of fused-ring (bicyclic) bond motifs is 1. The summed E-state index contributed by atoms with van der Waals surface area (Å²) in [6.45, 7) is 5.54. The average molecular weight is 323 g/mol. The van der Waals surface area contributed by atoms with E-state index < -0.39 is 5.91 Å². The van der Waals surface area contributed by atoms with Gasteiger partial charge in [-0.25, -0.2) is 4.98 Å². The lowest BCUT2D eigenvalue weighted by molar-refractivity contribution is 0.0997. The average Bonchev–Trinajstić information content (AvgIpc) is 2.55. The summed E-state index contributed by atoms with van der Waals surface area (Å²) in [4.78, 5) is 16.0. The first-order valence-corrected chi connectivity index (χ1v) is 7.55. The van der Waals surface area contributed by atoms with Gasteiger partial charge in [0.2, 0.25) is 0 Å². The monoisotopic (exact) mass is 323 g/mol. The molecule has 0 aliphatic carbocycles. The highest BCUT2D eigenvalue weighted by atomic mass is 16.3. The number of pyridine rings is 1. The summed E-state index contributed by atoms with van der Waals surface area (Å²) in [6, 6.07) is 5.74. The van der Waals surface area contributed by atoms with Crippen LogP contribution in [0.25, 0.3) is 17.0 Å². The Morgan fingerprint density at radius 3 is 2.62 bits per heavy atom. The third-order valence-electron chi connectivity index (χ3n) is 3.71. The highest BCUT2D eigenvalue weighted by molar-refractivity contribution is 6.04. The maximum Gasteiger partial charge on any atom is 0.269 e. The van der Waals surface area contributed by atoms with Crippen molar-refractivity contribution in [1.29, 1.82) is 0 Å². The number of primary amides is 1. The number of nitrogen functional groups attached to an aromatic ring is 1. The molecule has 1 aromatic carbocycles. The largest absolute Gasteiger partial charge is 0.508 e. The number of nitrogens with zero attached hydrogens (tertiary/aromatic N) is 1. The molecule has 0 radical (unpaired) electrons. The highest BCUT2D eigenvalue weighted by Gasteiger charge is 2.15. The Labute approximate surface area is 141 Å². The van der Waals surface area contributed by atoms with E-state index >= 15 is 0 Å². The maximum atomic E-state index is 11.7. The third-order valence-corrected chi connectivity index (χ3v) is 3.71. The molecule has 0 aliphatic heterocycles. The van der Waals surface area contributed by atoms with Crippen LogP contribution in [0.3, 0.4) is 0 Å². The number of allylic oxidation sites excluding steroid dienone is 4. The number of benzene rings is 1. The van der Waals surface area contributed by atoms with Crippen molar-refractivity contribution in [3.05, 3.63) is 64.6 Å². The number of carbonyl (C=O) groups is 1. The van der Waals surface area contributed by atoms with Crippen molar-refractivity contribution in [3.63, 3.8) is 0 Å². The molecule has 5 N–H and O–H groups in total.